The summed E-state index contributed by atoms with van der Waals surface area (Å²) in [4.78, 5) is 2.41. The second-order valence-corrected chi connectivity index (χ2v) is 4.79. The van der Waals surface area contributed by atoms with E-state index in [-0.39, 0.29) is 0 Å². The Morgan fingerprint density at radius 3 is 3.17 bits per heavy atom. The van der Waals surface area contributed by atoms with E-state index in [9.17, 15) is 0 Å². The van der Waals surface area contributed by atoms with Crippen LogP contribution in [-0.2, 0) is 17.8 Å². The summed E-state index contributed by atoms with van der Waals surface area (Å²) in [5.41, 5.74) is 1.29. The van der Waals surface area contributed by atoms with Crippen molar-refractivity contribution in [2.24, 2.45) is 0 Å². The molecule has 1 N–H and O–H groups in total. The molecule has 1 saturated heterocycles. The van der Waals surface area contributed by atoms with Crippen molar-refractivity contribution < 1.29 is 9.15 Å². The molecule has 1 aromatic heterocycles. The van der Waals surface area contributed by atoms with Gasteiger partial charge in [0, 0.05) is 31.8 Å². The van der Waals surface area contributed by atoms with Gasteiger partial charge in [-0.25, -0.2) is 0 Å². The molecular formula is C14H24N2O2. The van der Waals surface area contributed by atoms with E-state index >= 15 is 0 Å². The third-order valence-electron chi connectivity index (χ3n) is 3.26. The molecule has 1 aromatic rings. The van der Waals surface area contributed by atoms with Crippen LogP contribution >= 0.6 is 0 Å². The van der Waals surface area contributed by atoms with Crippen LogP contribution in [0.1, 0.15) is 31.1 Å². The van der Waals surface area contributed by atoms with Crippen LogP contribution in [0.25, 0.3) is 0 Å². The molecule has 0 unspecified atom stereocenters. The van der Waals surface area contributed by atoms with Gasteiger partial charge in [0.1, 0.15) is 5.76 Å². The highest BCUT2D eigenvalue weighted by Gasteiger charge is 2.13. The first-order chi connectivity index (χ1) is 8.90. The lowest BCUT2D eigenvalue weighted by Gasteiger charge is -2.18. The fourth-order valence-corrected chi connectivity index (χ4v) is 2.22. The van der Waals surface area contributed by atoms with E-state index in [1.807, 2.05) is 0 Å². The largest absolute Gasteiger partial charge is 0.468 e. The molecule has 18 heavy (non-hydrogen) atoms. The van der Waals surface area contributed by atoms with Gasteiger partial charge in [0.25, 0.3) is 0 Å². The van der Waals surface area contributed by atoms with Gasteiger partial charge in [0.15, 0.2) is 0 Å². The predicted octanol–water partition coefficient (Wildman–Crippen LogP) is 2.00. The molecule has 0 spiro atoms. The lowest BCUT2D eigenvalue weighted by Crippen LogP contribution is -2.26. The van der Waals surface area contributed by atoms with Crippen LogP contribution in [0.15, 0.2) is 16.7 Å². The van der Waals surface area contributed by atoms with Crippen LogP contribution in [0.4, 0.5) is 0 Å². The number of ether oxygens (including phenoxy) is 1. The molecule has 0 atom stereocenters. The first kappa shape index (κ1) is 13.6. The maximum atomic E-state index is 5.62. The average molecular weight is 252 g/mol. The molecule has 0 amide bonds. The van der Waals surface area contributed by atoms with Crippen molar-refractivity contribution >= 4 is 0 Å². The SMILES string of the molecule is CCCNCc1ccoc1CN1CCCOCC1. The van der Waals surface area contributed by atoms with Crippen molar-refractivity contribution in [3.63, 3.8) is 0 Å². The van der Waals surface area contributed by atoms with Crippen LogP contribution in [-0.4, -0.2) is 37.7 Å². The molecule has 0 aromatic carbocycles. The van der Waals surface area contributed by atoms with E-state index in [0.29, 0.717) is 0 Å². The van der Waals surface area contributed by atoms with E-state index in [2.05, 4.69) is 23.2 Å². The quantitative estimate of drug-likeness (QED) is 0.786. The third-order valence-corrected chi connectivity index (χ3v) is 3.26. The summed E-state index contributed by atoms with van der Waals surface area (Å²) >= 11 is 0. The van der Waals surface area contributed by atoms with Gasteiger partial charge in [-0.1, -0.05) is 6.92 Å². The Hall–Kier alpha value is -0.840. The number of hydrogen-bond donors (Lipinski definition) is 1. The molecule has 1 aliphatic rings. The van der Waals surface area contributed by atoms with E-state index in [4.69, 9.17) is 9.15 Å². The summed E-state index contributed by atoms with van der Waals surface area (Å²) in [6.45, 7) is 8.88. The topological polar surface area (TPSA) is 37.6 Å². The zero-order valence-corrected chi connectivity index (χ0v) is 11.3. The highest BCUT2D eigenvalue weighted by molar-refractivity contribution is 5.16. The van der Waals surface area contributed by atoms with Crippen LogP contribution < -0.4 is 5.32 Å². The summed E-state index contributed by atoms with van der Waals surface area (Å²) in [6, 6.07) is 2.08. The van der Waals surface area contributed by atoms with Crippen molar-refractivity contribution in [2.45, 2.75) is 32.9 Å². The summed E-state index contributed by atoms with van der Waals surface area (Å²) in [5.74, 6) is 1.10. The molecule has 4 heteroatoms. The van der Waals surface area contributed by atoms with Crippen LogP contribution in [0, 0.1) is 0 Å². The Morgan fingerprint density at radius 1 is 1.33 bits per heavy atom. The molecule has 1 fully saturated rings. The predicted molar refractivity (Wildman–Crippen MR) is 71.4 cm³/mol. The fraction of sp³-hybridized carbons (Fsp3) is 0.714. The van der Waals surface area contributed by atoms with Gasteiger partial charge < -0.3 is 14.5 Å². The van der Waals surface area contributed by atoms with Gasteiger partial charge in [-0.15, -0.1) is 0 Å². The molecule has 0 aliphatic carbocycles. The summed E-state index contributed by atoms with van der Waals surface area (Å²) in [5, 5.41) is 3.42. The number of nitrogens with zero attached hydrogens (tertiary/aromatic N) is 1. The fourth-order valence-electron chi connectivity index (χ4n) is 2.22. The molecule has 4 nitrogen and oxygen atoms in total. The molecule has 0 bridgehead atoms. The Bertz CT molecular complexity index is 330. The van der Waals surface area contributed by atoms with Gasteiger partial charge in [-0.05, 0) is 25.5 Å². The highest BCUT2D eigenvalue weighted by Crippen LogP contribution is 2.14. The van der Waals surface area contributed by atoms with Crippen molar-refractivity contribution in [1.82, 2.24) is 10.2 Å². The van der Waals surface area contributed by atoms with Gasteiger partial charge in [-0.2, -0.15) is 0 Å². The van der Waals surface area contributed by atoms with Crippen LogP contribution in [0.5, 0.6) is 0 Å². The highest BCUT2D eigenvalue weighted by atomic mass is 16.5. The van der Waals surface area contributed by atoms with Gasteiger partial charge in [-0.3, -0.25) is 4.90 Å². The Kier molecular flexibility index (Phi) is 5.71. The summed E-state index contributed by atoms with van der Waals surface area (Å²) in [6.07, 6.45) is 4.08. The normalized spacial score (nSPS) is 17.8. The smallest absolute Gasteiger partial charge is 0.122 e. The van der Waals surface area contributed by atoms with Crippen molar-refractivity contribution in [3.05, 3.63) is 23.7 Å². The lowest BCUT2D eigenvalue weighted by molar-refractivity contribution is 0.139. The Morgan fingerprint density at radius 2 is 2.28 bits per heavy atom. The molecule has 0 radical (unpaired) electrons. The maximum Gasteiger partial charge on any atom is 0.122 e. The van der Waals surface area contributed by atoms with Crippen molar-refractivity contribution in [1.29, 1.82) is 0 Å². The van der Waals surface area contributed by atoms with E-state index in [1.165, 1.54) is 5.56 Å². The van der Waals surface area contributed by atoms with E-state index < -0.39 is 0 Å². The van der Waals surface area contributed by atoms with Gasteiger partial charge in [0.05, 0.1) is 19.4 Å². The standard InChI is InChI=1S/C14H24N2O2/c1-2-5-15-11-13-4-9-18-14(13)12-16-6-3-8-17-10-7-16/h4,9,15H,2-3,5-8,10-12H2,1H3. The molecule has 2 rings (SSSR count). The van der Waals surface area contributed by atoms with Crippen molar-refractivity contribution in [3.8, 4) is 0 Å². The minimum absolute atomic E-state index is 0.837. The van der Waals surface area contributed by atoms with Crippen LogP contribution in [0.2, 0.25) is 0 Å². The van der Waals surface area contributed by atoms with Gasteiger partial charge in [0.2, 0.25) is 0 Å². The maximum absolute atomic E-state index is 5.62. The molecule has 0 saturated carbocycles. The second-order valence-electron chi connectivity index (χ2n) is 4.79. The molecular weight excluding hydrogens is 228 g/mol. The zero-order valence-electron chi connectivity index (χ0n) is 11.3. The minimum atomic E-state index is 0.837. The third kappa shape index (κ3) is 4.12. The molecule has 1 aliphatic heterocycles. The monoisotopic (exact) mass is 252 g/mol. The lowest BCUT2D eigenvalue weighted by atomic mass is 10.2. The minimum Gasteiger partial charge on any atom is -0.468 e. The number of furan rings is 1. The van der Waals surface area contributed by atoms with Gasteiger partial charge >= 0.3 is 0 Å². The van der Waals surface area contributed by atoms with E-state index in [1.54, 1.807) is 6.26 Å². The zero-order chi connectivity index (χ0) is 12.6. The molecule has 102 valence electrons. The van der Waals surface area contributed by atoms with Crippen LogP contribution in [0.3, 0.4) is 0 Å². The Labute approximate surface area is 109 Å². The van der Waals surface area contributed by atoms with Crippen molar-refractivity contribution in [2.75, 3.05) is 32.8 Å². The first-order valence-corrected chi connectivity index (χ1v) is 6.96. The summed E-state index contributed by atoms with van der Waals surface area (Å²) in [7, 11) is 0. The summed E-state index contributed by atoms with van der Waals surface area (Å²) < 4.78 is 11.1. The number of rotatable bonds is 6. The second kappa shape index (κ2) is 7.56. The average Bonchev–Trinajstić information content (AvgIpc) is 2.65. The first-order valence-electron chi connectivity index (χ1n) is 6.96. The number of hydrogen-bond acceptors (Lipinski definition) is 4. The Balaban J connectivity index is 1.85. The number of nitrogens with one attached hydrogen (secondary N) is 1. The molecule has 2 heterocycles. The van der Waals surface area contributed by atoms with E-state index in [0.717, 1.165) is 64.5 Å².